The molecule has 25 heavy (non-hydrogen) atoms. The third-order valence-corrected chi connectivity index (χ3v) is 6.97. The average molecular weight is 380 g/mol. The Balaban J connectivity index is 1.90. The molecule has 0 aromatic heterocycles. The summed E-state index contributed by atoms with van der Waals surface area (Å²) in [7, 11) is -7.44. The van der Waals surface area contributed by atoms with Gasteiger partial charge in [0, 0.05) is 6.04 Å². The number of nitrogens with one attached hydrogen (secondary N) is 2. The SMILES string of the molecule is Cc1ccc(C)c(S(=O)(=O)Nc2cccc(S(=O)(=O)NC3CC3)c2)c1. The van der Waals surface area contributed by atoms with Gasteiger partial charge >= 0.3 is 0 Å². The number of anilines is 1. The highest BCUT2D eigenvalue weighted by atomic mass is 32.2. The van der Waals surface area contributed by atoms with Crippen molar-refractivity contribution < 1.29 is 16.8 Å². The minimum Gasteiger partial charge on any atom is -0.280 e. The molecule has 0 radical (unpaired) electrons. The van der Waals surface area contributed by atoms with Crippen molar-refractivity contribution in [1.29, 1.82) is 0 Å². The van der Waals surface area contributed by atoms with E-state index in [0.717, 1.165) is 18.4 Å². The van der Waals surface area contributed by atoms with Crippen molar-refractivity contribution in [1.82, 2.24) is 4.72 Å². The van der Waals surface area contributed by atoms with Crippen molar-refractivity contribution in [3.8, 4) is 0 Å². The summed E-state index contributed by atoms with van der Waals surface area (Å²) < 4.78 is 54.9. The quantitative estimate of drug-likeness (QED) is 0.805. The molecular formula is C17H20N2O4S2. The summed E-state index contributed by atoms with van der Waals surface area (Å²) in [6.07, 6.45) is 1.66. The van der Waals surface area contributed by atoms with Crippen molar-refractivity contribution >= 4 is 25.7 Å². The summed E-state index contributed by atoms with van der Waals surface area (Å²) in [5, 5.41) is 0. The fourth-order valence-electron chi connectivity index (χ4n) is 2.42. The molecule has 0 spiro atoms. The van der Waals surface area contributed by atoms with Crippen LogP contribution in [0.15, 0.2) is 52.3 Å². The summed E-state index contributed by atoms with van der Waals surface area (Å²) >= 11 is 0. The van der Waals surface area contributed by atoms with E-state index in [4.69, 9.17) is 0 Å². The van der Waals surface area contributed by atoms with Crippen LogP contribution in [0.2, 0.25) is 0 Å². The molecule has 0 heterocycles. The molecule has 1 fully saturated rings. The molecule has 0 amide bonds. The zero-order valence-electron chi connectivity index (χ0n) is 14.0. The summed E-state index contributed by atoms with van der Waals surface area (Å²) in [6.45, 7) is 3.53. The monoisotopic (exact) mass is 380 g/mol. The van der Waals surface area contributed by atoms with Gasteiger partial charge in [0.1, 0.15) is 0 Å². The van der Waals surface area contributed by atoms with Gasteiger partial charge in [-0.25, -0.2) is 21.6 Å². The van der Waals surface area contributed by atoms with Crippen molar-refractivity contribution in [2.24, 2.45) is 0 Å². The van der Waals surface area contributed by atoms with Gasteiger partial charge < -0.3 is 0 Å². The molecule has 0 aliphatic heterocycles. The maximum Gasteiger partial charge on any atom is 0.262 e. The van der Waals surface area contributed by atoms with Crippen molar-refractivity contribution in [3.63, 3.8) is 0 Å². The topological polar surface area (TPSA) is 92.3 Å². The molecule has 1 aliphatic rings. The van der Waals surface area contributed by atoms with Crippen molar-refractivity contribution in [3.05, 3.63) is 53.6 Å². The Bertz CT molecular complexity index is 1010. The van der Waals surface area contributed by atoms with Gasteiger partial charge in [-0.2, -0.15) is 0 Å². The first-order chi connectivity index (χ1) is 11.7. The van der Waals surface area contributed by atoms with Crippen LogP contribution in [0.4, 0.5) is 5.69 Å². The van der Waals surface area contributed by atoms with Gasteiger partial charge in [0.05, 0.1) is 15.5 Å². The predicted molar refractivity (Wildman–Crippen MR) is 96.5 cm³/mol. The van der Waals surface area contributed by atoms with Crippen LogP contribution in [-0.4, -0.2) is 22.9 Å². The van der Waals surface area contributed by atoms with Crippen LogP contribution in [-0.2, 0) is 20.0 Å². The molecule has 0 atom stereocenters. The lowest BCUT2D eigenvalue weighted by Gasteiger charge is -2.12. The summed E-state index contributed by atoms with van der Waals surface area (Å²) in [6, 6.07) is 11.0. The van der Waals surface area contributed by atoms with Crippen molar-refractivity contribution in [2.45, 2.75) is 42.5 Å². The Labute approximate surface area is 148 Å². The van der Waals surface area contributed by atoms with Crippen LogP contribution in [0.1, 0.15) is 24.0 Å². The highest BCUT2D eigenvalue weighted by molar-refractivity contribution is 7.92. The van der Waals surface area contributed by atoms with Gasteiger partial charge in [-0.05, 0) is 62.1 Å². The van der Waals surface area contributed by atoms with E-state index in [1.54, 1.807) is 19.1 Å². The Hall–Kier alpha value is -1.90. The summed E-state index contributed by atoms with van der Waals surface area (Å²) in [5.41, 5.74) is 1.66. The number of sulfonamides is 2. The number of benzene rings is 2. The highest BCUT2D eigenvalue weighted by Crippen LogP contribution is 2.25. The third kappa shape index (κ3) is 4.20. The fraction of sp³-hybridized carbons (Fsp3) is 0.294. The first-order valence-corrected chi connectivity index (χ1v) is 10.9. The van der Waals surface area contributed by atoms with Gasteiger partial charge in [-0.3, -0.25) is 4.72 Å². The standard InChI is InChI=1S/C17H20N2O4S2/c1-12-6-7-13(2)17(10-12)25(22,23)19-15-4-3-5-16(11-15)24(20,21)18-14-8-9-14/h3-7,10-11,14,18-19H,8-9H2,1-2H3. The van der Waals surface area contributed by atoms with Crippen LogP contribution < -0.4 is 9.44 Å². The second kappa shape index (κ2) is 6.44. The molecule has 2 N–H and O–H groups in total. The molecule has 1 aliphatic carbocycles. The molecule has 134 valence electrons. The molecule has 8 heteroatoms. The molecule has 0 unspecified atom stereocenters. The number of rotatable bonds is 6. The van der Waals surface area contributed by atoms with Gasteiger partial charge in [-0.15, -0.1) is 0 Å². The zero-order valence-corrected chi connectivity index (χ0v) is 15.6. The van der Waals surface area contributed by atoms with Gasteiger partial charge in [-0.1, -0.05) is 18.2 Å². The molecule has 1 saturated carbocycles. The maximum atomic E-state index is 12.6. The van der Waals surface area contributed by atoms with E-state index >= 15 is 0 Å². The van der Waals surface area contributed by atoms with Crippen LogP contribution in [0.25, 0.3) is 0 Å². The smallest absolute Gasteiger partial charge is 0.262 e. The van der Waals surface area contributed by atoms with Crippen LogP contribution in [0.3, 0.4) is 0 Å². The minimum atomic E-state index is -3.80. The molecule has 3 rings (SSSR count). The zero-order chi connectivity index (χ0) is 18.2. The molecule has 0 bridgehead atoms. The lowest BCUT2D eigenvalue weighted by molar-refractivity contribution is 0.580. The highest BCUT2D eigenvalue weighted by Gasteiger charge is 2.28. The van der Waals surface area contributed by atoms with E-state index in [0.29, 0.717) is 5.56 Å². The first kappa shape index (κ1) is 17.9. The Morgan fingerprint density at radius 2 is 1.64 bits per heavy atom. The van der Waals surface area contributed by atoms with E-state index in [1.165, 1.54) is 24.3 Å². The molecule has 2 aromatic carbocycles. The molecular weight excluding hydrogens is 360 g/mol. The number of hydrogen-bond acceptors (Lipinski definition) is 4. The number of aryl methyl sites for hydroxylation is 2. The van der Waals surface area contributed by atoms with E-state index < -0.39 is 20.0 Å². The maximum absolute atomic E-state index is 12.6. The van der Waals surface area contributed by atoms with Crippen LogP contribution in [0, 0.1) is 13.8 Å². The van der Waals surface area contributed by atoms with E-state index in [2.05, 4.69) is 9.44 Å². The van der Waals surface area contributed by atoms with Crippen LogP contribution in [0.5, 0.6) is 0 Å². The average Bonchev–Trinajstić information content (AvgIpc) is 3.33. The van der Waals surface area contributed by atoms with E-state index in [9.17, 15) is 16.8 Å². The van der Waals surface area contributed by atoms with Gasteiger partial charge in [0.25, 0.3) is 10.0 Å². The van der Waals surface area contributed by atoms with E-state index in [1.807, 2.05) is 13.0 Å². The molecule has 2 aromatic rings. The lowest BCUT2D eigenvalue weighted by Crippen LogP contribution is -2.25. The molecule has 6 nitrogen and oxygen atoms in total. The lowest BCUT2D eigenvalue weighted by atomic mass is 10.2. The Kier molecular flexibility index (Phi) is 4.61. The Morgan fingerprint density at radius 3 is 2.32 bits per heavy atom. The summed E-state index contributed by atoms with van der Waals surface area (Å²) in [4.78, 5) is 0.220. The normalized spacial score (nSPS) is 15.1. The predicted octanol–water partition coefficient (Wildman–Crippen LogP) is 2.54. The molecule has 0 saturated heterocycles. The largest absolute Gasteiger partial charge is 0.280 e. The third-order valence-electron chi connectivity index (χ3n) is 3.93. The first-order valence-electron chi connectivity index (χ1n) is 7.90. The minimum absolute atomic E-state index is 0.0136. The second-order valence-corrected chi connectivity index (χ2v) is 9.66. The van der Waals surface area contributed by atoms with Gasteiger partial charge in [0.15, 0.2) is 0 Å². The van der Waals surface area contributed by atoms with Crippen molar-refractivity contribution in [2.75, 3.05) is 4.72 Å². The Morgan fingerprint density at radius 1 is 0.920 bits per heavy atom. The fourth-order valence-corrected chi connectivity index (χ4v) is 5.15. The summed E-state index contributed by atoms with van der Waals surface area (Å²) in [5.74, 6) is 0. The second-order valence-electron chi connectivity index (χ2n) is 6.30. The van der Waals surface area contributed by atoms with Gasteiger partial charge in [0.2, 0.25) is 10.0 Å². The van der Waals surface area contributed by atoms with E-state index in [-0.39, 0.29) is 21.5 Å². The van der Waals surface area contributed by atoms with Crippen LogP contribution >= 0.6 is 0 Å². The number of hydrogen-bond donors (Lipinski definition) is 2.